The second-order valence-corrected chi connectivity index (χ2v) is 3.10. The van der Waals surface area contributed by atoms with E-state index in [9.17, 15) is 0 Å². The molecule has 0 aliphatic heterocycles. The zero-order valence-electron chi connectivity index (χ0n) is 4.61. The summed E-state index contributed by atoms with van der Waals surface area (Å²) in [5.41, 5.74) is 0. The number of rotatable bonds is 1. The van der Waals surface area contributed by atoms with Gasteiger partial charge in [0.15, 0.2) is 0 Å². The first-order valence-corrected chi connectivity index (χ1v) is 3.59. The summed E-state index contributed by atoms with van der Waals surface area (Å²) in [4.78, 5) is 0. The molecule has 0 aromatic carbocycles. The average molecular weight is 154 g/mol. The van der Waals surface area contributed by atoms with E-state index in [1.165, 1.54) is 16.8 Å². The van der Waals surface area contributed by atoms with Crippen molar-refractivity contribution in [1.82, 2.24) is 3.94 Å². The average Bonchev–Trinajstić information content (AvgIpc) is 2.12. The molecule has 0 saturated heterocycles. The molecule has 1 aliphatic carbocycles. The van der Waals surface area contributed by atoms with Gasteiger partial charge in [-0.1, -0.05) is 12.8 Å². The lowest BCUT2D eigenvalue weighted by Crippen LogP contribution is -2.13. The quantitative estimate of drug-likeness (QED) is 0.524. The SMILES string of the molecule is ClN(Cl)C1CCCC1. The maximum atomic E-state index is 5.48. The van der Waals surface area contributed by atoms with Crippen molar-refractivity contribution in [3.8, 4) is 0 Å². The summed E-state index contributed by atoms with van der Waals surface area (Å²) < 4.78 is 1.28. The van der Waals surface area contributed by atoms with Crippen molar-refractivity contribution in [3.05, 3.63) is 0 Å². The third-order valence-electron chi connectivity index (χ3n) is 1.60. The lowest BCUT2D eigenvalue weighted by atomic mass is 10.3. The molecule has 1 aliphatic rings. The first-order valence-electron chi connectivity index (χ1n) is 2.91. The van der Waals surface area contributed by atoms with Crippen molar-refractivity contribution in [3.63, 3.8) is 0 Å². The van der Waals surface area contributed by atoms with Gasteiger partial charge in [-0.15, -0.1) is 3.94 Å². The second kappa shape index (κ2) is 2.90. The van der Waals surface area contributed by atoms with Crippen molar-refractivity contribution < 1.29 is 0 Å². The van der Waals surface area contributed by atoms with Gasteiger partial charge in [-0.3, -0.25) is 0 Å². The molecule has 0 aromatic rings. The molecule has 0 radical (unpaired) electrons. The summed E-state index contributed by atoms with van der Waals surface area (Å²) in [6, 6.07) is 0.429. The van der Waals surface area contributed by atoms with E-state index < -0.39 is 0 Å². The van der Waals surface area contributed by atoms with Crippen molar-refractivity contribution >= 4 is 23.6 Å². The van der Waals surface area contributed by atoms with E-state index in [0.717, 1.165) is 12.8 Å². The molecule has 0 aromatic heterocycles. The van der Waals surface area contributed by atoms with Crippen molar-refractivity contribution in [2.45, 2.75) is 31.7 Å². The van der Waals surface area contributed by atoms with Gasteiger partial charge in [-0.25, -0.2) is 0 Å². The predicted molar refractivity (Wildman–Crippen MR) is 35.8 cm³/mol. The van der Waals surface area contributed by atoms with Crippen molar-refractivity contribution in [2.75, 3.05) is 0 Å². The summed E-state index contributed by atoms with van der Waals surface area (Å²) in [6.07, 6.45) is 4.88. The molecule has 1 rings (SSSR count). The van der Waals surface area contributed by atoms with Crippen LogP contribution in [-0.4, -0.2) is 9.98 Å². The Balaban J connectivity index is 2.24. The smallest absolute Gasteiger partial charge is 0.0416 e. The topological polar surface area (TPSA) is 3.24 Å². The highest BCUT2D eigenvalue weighted by atomic mass is 35.5. The lowest BCUT2D eigenvalue weighted by Gasteiger charge is -2.10. The van der Waals surface area contributed by atoms with Crippen LogP contribution in [0.1, 0.15) is 25.7 Å². The summed E-state index contributed by atoms with van der Waals surface area (Å²) in [6.45, 7) is 0. The van der Waals surface area contributed by atoms with Crippen LogP contribution in [0.3, 0.4) is 0 Å². The molecule has 0 unspecified atom stereocenters. The van der Waals surface area contributed by atoms with E-state index in [1.54, 1.807) is 0 Å². The van der Waals surface area contributed by atoms with E-state index in [4.69, 9.17) is 23.6 Å². The summed E-state index contributed by atoms with van der Waals surface area (Å²) in [7, 11) is 0. The van der Waals surface area contributed by atoms with Gasteiger partial charge in [0.1, 0.15) is 0 Å². The van der Waals surface area contributed by atoms with Gasteiger partial charge < -0.3 is 0 Å². The summed E-state index contributed by atoms with van der Waals surface area (Å²) in [5.74, 6) is 0. The Morgan fingerprint density at radius 1 is 1.12 bits per heavy atom. The molecule has 0 bridgehead atoms. The first-order chi connectivity index (χ1) is 3.80. The fourth-order valence-corrected chi connectivity index (χ4v) is 1.49. The van der Waals surface area contributed by atoms with E-state index in [0.29, 0.717) is 6.04 Å². The number of hydrogen-bond acceptors (Lipinski definition) is 1. The zero-order chi connectivity index (χ0) is 5.98. The van der Waals surface area contributed by atoms with Gasteiger partial charge in [-0.05, 0) is 36.4 Å². The van der Waals surface area contributed by atoms with Gasteiger partial charge in [0.05, 0.1) is 0 Å². The number of halogens is 2. The van der Waals surface area contributed by atoms with Crippen LogP contribution in [-0.2, 0) is 0 Å². The normalized spacial score (nSPS) is 22.9. The Hall–Kier alpha value is 0.540. The summed E-state index contributed by atoms with van der Waals surface area (Å²) in [5, 5.41) is 0. The Bertz CT molecular complexity index is 68.8. The molecular weight excluding hydrogens is 145 g/mol. The fraction of sp³-hybridized carbons (Fsp3) is 1.00. The molecule has 1 fully saturated rings. The minimum atomic E-state index is 0.429. The second-order valence-electron chi connectivity index (χ2n) is 2.20. The molecule has 0 atom stereocenters. The van der Waals surface area contributed by atoms with Gasteiger partial charge in [0.2, 0.25) is 0 Å². The van der Waals surface area contributed by atoms with Gasteiger partial charge >= 0.3 is 0 Å². The molecule has 3 heteroatoms. The maximum Gasteiger partial charge on any atom is 0.0416 e. The highest BCUT2D eigenvalue weighted by Crippen LogP contribution is 2.25. The molecule has 0 amide bonds. The van der Waals surface area contributed by atoms with Crippen LogP contribution in [0.25, 0.3) is 0 Å². The summed E-state index contributed by atoms with van der Waals surface area (Å²) >= 11 is 11.0. The van der Waals surface area contributed by atoms with Gasteiger partial charge in [0, 0.05) is 6.04 Å². The minimum Gasteiger partial charge on any atom is -0.129 e. The highest BCUT2D eigenvalue weighted by molar-refractivity contribution is 6.33. The first kappa shape index (κ1) is 6.66. The highest BCUT2D eigenvalue weighted by Gasteiger charge is 2.19. The van der Waals surface area contributed by atoms with Crippen LogP contribution in [0.2, 0.25) is 0 Å². The van der Waals surface area contributed by atoms with Crippen molar-refractivity contribution in [2.24, 2.45) is 0 Å². The maximum absolute atomic E-state index is 5.48. The Morgan fingerprint density at radius 2 is 1.62 bits per heavy atom. The third kappa shape index (κ3) is 1.51. The van der Waals surface area contributed by atoms with E-state index in [1.807, 2.05) is 0 Å². The minimum absolute atomic E-state index is 0.429. The predicted octanol–water partition coefficient (Wildman–Crippen LogP) is 2.54. The Morgan fingerprint density at radius 3 is 1.88 bits per heavy atom. The molecular formula is C5H9Cl2N. The van der Waals surface area contributed by atoms with Gasteiger partial charge in [-0.2, -0.15) is 0 Å². The lowest BCUT2D eigenvalue weighted by molar-refractivity contribution is 0.500. The number of hydrogen-bond donors (Lipinski definition) is 0. The third-order valence-corrected chi connectivity index (χ3v) is 2.15. The molecule has 48 valence electrons. The van der Waals surface area contributed by atoms with Crippen LogP contribution in [0.15, 0.2) is 0 Å². The molecule has 0 heterocycles. The largest absolute Gasteiger partial charge is 0.129 e. The molecule has 8 heavy (non-hydrogen) atoms. The molecule has 0 spiro atoms. The Labute approximate surface area is 59.8 Å². The standard InChI is InChI=1S/C5H9Cl2N/c6-8(7)5-3-1-2-4-5/h5H,1-4H2. The molecule has 1 nitrogen and oxygen atoms in total. The zero-order valence-corrected chi connectivity index (χ0v) is 6.12. The van der Waals surface area contributed by atoms with E-state index >= 15 is 0 Å². The molecule has 1 saturated carbocycles. The fourth-order valence-electron chi connectivity index (χ4n) is 1.10. The van der Waals surface area contributed by atoms with E-state index in [-0.39, 0.29) is 0 Å². The molecule has 0 N–H and O–H groups in total. The van der Waals surface area contributed by atoms with Crippen LogP contribution in [0, 0.1) is 0 Å². The Kier molecular flexibility index (Phi) is 2.42. The van der Waals surface area contributed by atoms with Crippen LogP contribution in [0.5, 0.6) is 0 Å². The van der Waals surface area contributed by atoms with Crippen LogP contribution < -0.4 is 0 Å². The number of nitrogens with zero attached hydrogens (tertiary/aromatic N) is 1. The monoisotopic (exact) mass is 153 g/mol. The van der Waals surface area contributed by atoms with Crippen molar-refractivity contribution in [1.29, 1.82) is 0 Å². The van der Waals surface area contributed by atoms with Crippen LogP contribution in [0.4, 0.5) is 0 Å². The van der Waals surface area contributed by atoms with E-state index in [2.05, 4.69) is 0 Å². The van der Waals surface area contributed by atoms with Crippen LogP contribution >= 0.6 is 23.6 Å². The van der Waals surface area contributed by atoms with Gasteiger partial charge in [0.25, 0.3) is 0 Å².